The fourth-order valence-corrected chi connectivity index (χ4v) is 3.03. The first-order valence-electron chi connectivity index (χ1n) is 6.32. The molecule has 1 aromatic heterocycles. The van der Waals surface area contributed by atoms with Crippen LogP contribution in [0, 0.1) is 0 Å². The third-order valence-corrected chi connectivity index (χ3v) is 4.36. The van der Waals surface area contributed by atoms with Crippen molar-refractivity contribution >= 4 is 38.5 Å². The van der Waals surface area contributed by atoms with Crippen LogP contribution in [0.15, 0.2) is 21.0 Å². The molecule has 0 spiro atoms. The number of fused-ring (bicyclic) bond motifs is 1. The second kappa shape index (κ2) is 4.87. The number of benzene rings is 1. The van der Waals surface area contributed by atoms with E-state index in [1.807, 2.05) is 12.1 Å². The molecule has 18 heavy (non-hydrogen) atoms. The third kappa shape index (κ3) is 2.20. The molecule has 0 radical (unpaired) electrons. The number of nitrogens with one attached hydrogen (secondary N) is 1. The first-order chi connectivity index (χ1) is 8.70. The van der Waals surface area contributed by atoms with Crippen molar-refractivity contribution in [3.05, 3.63) is 33.0 Å². The predicted molar refractivity (Wildman–Crippen MR) is 78.2 cm³/mol. The van der Waals surface area contributed by atoms with Crippen molar-refractivity contribution in [3.8, 4) is 0 Å². The second-order valence-corrected chi connectivity index (χ2v) is 6.01. The summed E-state index contributed by atoms with van der Waals surface area (Å²) in [5, 5.41) is 5.30. The molecule has 1 saturated carbocycles. The van der Waals surface area contributed by atoms with E-state index in [-0.39, 0.29) is 0 Å². The molecule has 1 fully saturated rings. The van der Waals surface area contributed by atoms with Crippen LogP contribution in [0.3, 0.4) is 0 Å². The Morgan fingerprint density at radius 2 is 2.22 bits per heavy atom. The van der Waals surface area contributed by atoms with Crippen LogP contribution >= 0.6 is 27.5 Å². The van der Waals surface area contributed by atoms with Crippen LogP contribution in [0.1, 0.15) is 31.1 Å². The highest BCUT2D eigenvalue weighted by Crippen LogP contribution is 2.37. The number of furan rings is 1. The number of hydrogen-bond acceptors (Lipinski definition) is 2. The fourth-order valence-electron chi connectivity index (χ4n) is 2.28. The number of rotatable bonds is 4. The summed E-state index contributed by atoms with van der Waals surface area (Å²) < 4.78 is 7.01. The summed E-state index contributed by atoms with van der Waals surface area (Å²) in [6.07, 6.45) is 3.52. The Bertz CT molecular complexity index is 589. The van der Waals surface area contributed by atoms with Gasteiger partial charge in [0.2, 0.25) is 0 Å². The second-order valence-electron chi connectivity index (χ2n) is 4.75. The lowest BCUT2D eigenvalue weighted by Gasteiger charge is -2.02. The van der Waals surface area contributed by atoms with Crippen molar-refractivity contribution in [2.75, 3.05) is 0 Å². The molecule has 96 valence electrons. The molecule has 1 N–H and O–H groups in total. The topological polar surface area (TPSA) is 25.2 Å². The minimum absolute atomic E-state index is 0.681. The Balaban J connectivity index is 2.06. The summed E-state index contributed by atoms with van der Waals surface area (Å²) >= 11 is 9.80. The average molecular weight is 329 g/mol. The van der Waals surface area contributed by atoms with Gasteiger partial charge in [0.05, 0.1) is 11.6 Å². The minimum Gasteiger partial charge on any atom is -0.458 e. The zero-order chi connectivity index (χ0) is 12.7. The molecule has 0 aliphatic heterocycles. The summed E-state index contributed by atoms with van der Waals surface area (Å²) in [6.45, 7) is 2.95. The first-order valence-corrected chi connectivity index (χ1v) is 7.49. The quantitative estimate of drug-likeness (QED) is 0.883. The van der Waals surface area contributed by atoms with Crippen molar-refractivity contribution in [2.45, 2.75) is 38.8 Å². The van der Waals surface area contributed by atoms with Gasteiger partial charge in [-0.05, 0) is 31.4 Å². The number of hydrogen-bond donors (Lipinski definition) is 1. The van der Waals surface area contributed by atoms with Crippen LogP contribution in [-0.4, -0.2) is 6.04 Å². The third-order valence-electron chi connectivity index (χ3n) is 3.40. The average Bonchev–Trinajstić information content (AvgIpc) is 3.11. The number of aryl methyl sites for hydroxylation is 1. The highest BCUT2D eigenvalue weighted by Gasteiger charge is 2.23. The van der Waals surface area contributed by atoms with Gasteiger partial charge in [-0.3, -0.25) is 0 Å². The Kier molecular flexibility index (Phi) is 3.39. The van der Waals surface area contributed by atoms with Crippen LogP contribution in [0.5, 0.6) is 0 Å². The van der Waals surface area contributed by atoms with Gasteiger partial charge in [0.1, 0.15) is 5.76 Å². The van der Waals surface area contributed by atoms with Crippen molar-refractivity contribution in [3.63, 3.8) is 0 Å². The Morgan fingerprint density at radius 3 is 2.89 bits per heavy atom. The highest BCUT2D eigenvalue weighted by molar-refractivity contribution is 9.10. The standard InChI is InChI=1S/C14H15BrClNO/c1-2-9-12(7-17-8-3-4-8)18-14-11(16)6-5-10(15)13(9)14/h5-6,8,17H,2-4,7H2,1H3. The molecule has 1 heterocycles. The molecule has 0 bridgehead atoms. The van der Waals surface area contributed by atoms with E-state index in [2.05, 4.69) is 28.2 Å². The molecule has 1 aliphatic rings. The molecule has 2 aromatic rings. The lowest BCUT2D eigenvalue weighted by atomic mass is 10.1. The molecule has 0 saturated heterocycles. The van der Waals surface area contributed by atoms with E-state index in [1.165, 1.54) is 18.4 Å². The smallest absolute Gasteiger partial charge is 0.154 e. The van der Waals surface area contributed by atoms with Gasteiger partial charge in [0.25, 0.3) is 0 Å². The van der Waals surface area contributed by atoms with Gasteiger partial charge in [-0.1, -0.05) is 34.5 Å². The predicted octanol–water partition coefficient (Wildman–Crippen LogP) is 4.66. The van der Waals surface area contributed by atoms with Crippen LogP contribution in [0.25, 0.3) is 11.0 Å². The molecular weight excluding hydrogens is 314 g/mol. The van der Waals surface area contributed by atoms with Gasteiger partial charge in [0.15, 0.2) is 5.58 Å². The van der Waals surface area contributed by atoms with Crippen molar-refractivity contribution in [2.24, 2.45) is 0 Å². The van der Waals surface area contributed by atoms with Crippen LogP contribution in [0.2, 0.25) is 5.02 Å². The maximum absolute atomic E-state index is 6.21. The molecule has 0 unspecified atom stereocenters. The molecule has 4 heteroatoms. The SMILES string of the molecule is CCc1c(CNC2CC2)oc2c(Cl)ccc(Br)c12. The van der Waals surface area contributed by atoms with E-state index in [0.717, 1.165) is 34.2 Å². The van der Waals surface area contributed by atoms with Gasteiger partial charge in [-0.25, -0.2) is 0 Å². The van der Waals surface area contributed by atoms with E-state index in [1.54, 1.807) is 0 Å². The summed E-state index contributed by atoms with van der Waals surface area (Å²) in [6, 6.07) is 4.54. The maximum atomic E-state index is 6.21. The lowest BCUT2D eigenvalue weighted by Crippen LogP contribution is -2.15. The van der Waals surface area contributed by atoms with Crippen molar-refractivity contribution in [1.29, 1.82) is 0 Å². The first kappa shape index (κ1) is 12.5. The zero-order valence-corrected chi connectivity index (χ0v) is 12.6. The van der Waals surface area contributed by atoms with E-state index >= 15 is 0 Å². The molecular formula is C14H15BrClNO. The highest BCUT2D eigenvalue weighted by atomic mass is 79.9. The molecule has 1 aromatic carbocycles. The van der Waals surface area contributed by atoms with Gasteiger partial charge in [-0.2, -0.15) is 0 Å². The largest absolute Gasteiger partial charge is 0.458 e. The van der Waals surface area contributed by atoms with Crippen LogP contribution in [-0.2, 0) is 13.0 Å². The van der Waals surface area contributed by atoms with E-state index in [4.69, 9.17) is 16.0 Å². The normalized spacial score (nSPS) is 15.5. The Morgan fingerprint density at radius 1 is 1.44 bits per heavy atom. The van der Waals surface area contributed by atoms with Crippen molar-refractivity contribution in [1.82, 2.24) is 5.32 Å². The van der Waals surface area contributed by atoms with Crippen molar-refractivity contribution < 1.29 is 4.42 Å². The number of halogens is 2. The van der Waals surface area contributed by atoms with E-state index in [0.29, 0.717) is 11.1 Å². The maximum Gasteiger partial charge on any atom is 0.154 e. The van der Waals surface area contributed by atoms with Crippen LogP contribution in [0.4, 0.5) is 0 Å². The molecule has 1 aliphatic carbocycles. The molecule has 2 nitrogen and oxygen atoms in total. The molecule has 0 atom stereocenters. The van der Waals surface area contributed by atoms with Gasteiger partial charge in [-0.15, -0.1) is 0 Å². The summed E-state index contributed by atoms with van der Waals surface area (Å²) in [7, 11) is 0. The van der Waals surface area contributed by atoms with E-state index in [9.17, 15) is 0 Å². The molecule has 3 rings (SSSR count). The van der Waals surface area contributed by atoms with E-state index < -0.39 is 0 Å². The van der Waals surface area contributed by atoms with Gasteiger partial charge < -0.3 is 9.73 Å². The lowest BCUT2D eigenvalue weighted by molar-refractivity contribution is 0.507. The fraction of sp³-hybridized carbons (Fsp3) is 0.429. The van der Waals surface area contributed by atoms with Gasteiger partial charge in [0, 0.05) is 21.5 Å². The summed E-state index contributed by atoms with van der Waals surface area (Å²) in [5.74, 6) is 1.02. The Labute approximate surface area is 120 Å². The minimum atomic E-state index is 0.681. The monoisotopic (exact) mass is 327 g/mol. The Hall–Kier alpha value is -0.510. The summed E-state index contributed by atoms with van der Waals surface area (Å²) in [4.78, 5) is 0. The molecule has 0 amide bonds. The van der Waals surface area contributed by atoms with Gasteiger partial charge >= 0.3 is 0 Å². The van der Waals surface area contributed by atoms with Crippen LogP contribution < -0.4 is 5.32 Å². The summed E-state index contributed by atoms with van der Waals surface area (Å²) in [5.41, 5.74) is 2.06. The zero-order valence-electron chi connectivity index (χ0n) is 10.2.